The van der Waals surface area contributed by atoms with E-state index in [0.717, 1.165) is 36.9 Å². The number of hydrogen-bond acceptors (Lipinski definition) is 4. The van der Waals surface area contributed by atoms with Gasteiger partial charge in [0.2, 0.25) is 0 Å². The lowest BCUT2D eigenvalue weighted by atomic mass is 9.91. The summed E-state index contributed by atoms with van der Waals surface area (Å²) in [5.74, 6) is 1.24. The second kappa shape index (κ2) is 5.74. The number of anilines is 1. The lowest BCUT2D eigenvalue weighted by molar-refractivity contribution is 0.181. The number of halogens is 1. The van der Waals surface area contributed by atoms with E-state index in [9.17, 15) is 5.21 Å². The summed E-state index contributed by atoms with van der Waals surface area (Å²) in [6.07, 6.45) is 3.73. The van der Waals surface area contributed by atoms with Crippen molar-refractivity contribution in [1.29, 1.82) is 0 Å². The second-order valence-electron chi connectivity index (χ2n) is 6.74. The average Bonchev–Trinajstić information content (AvgIpc) is 3.16. The number of rotatable bonds is 2. The lowest BCUT2D eigenvalue weighted by Crippen LogP contribution is -2.54. The van der Waals surface area contributed by atoms with E-state index < -0.39 is 0 Å². The summed E-state index contributed by atoms with van der Waals surface area (Å²) in [6.45, 7) is 4.12. The molecule has 0 spiro atoms. The zero-order valence-electron chi connectivity index (χ0n) is 12.7. The van der Waals surface area contributed by atoms with Gasteiger partial charge in [-0.3, -0.25) is 4.90 Å². The molecule has 3 atom stereocenters. The third-order valence-corrected chi connectivity index (χ3v) is 5.91. The van der Waals surface area contributed by atoms with Crippen molar-refractivity contribution < 1.29 is 5.21 Å². The average molecular weight is 320 g/mol. The molecule has 4 nitrogen and oxygen atoms in total. The number of hydrogen-bond donors (Lipinski definition) is 1. The summed E-state index contributed by atoms with van der Waals surface area (Å²) in [5.41, 5.74) is 2.30. The number of oxime groups is 1. The van der Waals surface area contributed by atoms with E-state index in [-0.39, 0.29) is 0 Å². The smallest absolute Gasteiger partial charge is 0.0775 e. The highest BCUT2D eigenvalue weighted by molar-refractivity contribution is 6.30. The van der Waals surface area contributed by atoms with Crippen LogP contribution in [0.4, 0.5) is 5.69 Å². The van der Waals surface area contributed by atoms with Gasteiger partial charge in [-0.05, 0) is 49.4 Å². The molecule has 2 saturated carbocycles. The summed E-state index contributed by atoms with van der Waals surface area (Å²) in [6, 6.07) is 8.48. The third kappa shape index (κ3) is 2.38. The minimum absolute atomic E-state index is 0.385. The summed E-state index contributed by atoms with van der Waals surface area (Å²) in [5, 5.41) is 13.8. The molecule has 1 aromatic carbocycles. The first-order chi connectivity index (χ1) is 10.8. The molecule has 3 fully saturated rings. The Morgan fingerprint density at radius 1 is 1.05 bits per heavy atom. The Morgan fingerprint density at radius 2 is 1.77 bits per heavy atom. The zero-order valence-corrected chi connectivity index (χ0v) is 13.4. The van der Waals surface area contributed by atoms with Gasteiger partial charge in [-0.15, -0.1) is 0 Å². The first-order valence-electron chi connectivity index (χ1n) is 8.22. The number of benzene rings is 1. The van der Waals surface area contributed by atoms with Crippen LogP contribution < -0.4 is 4.90 Å². The second-order valence-corrected chi connectivity index (χ2v) is 7.18. The summed E-state index contributed by atoms with van der Waals surface area (Å²) in [4.78, 5) is 4.95. The molecule has 118 valence electrons. The van der Waals surface area contributed by atoms with Gasteiger partial charge in [-0.25, -0.2) is 0 Å². The van der Waals surface area contributed by atoms with Crippen LogP contribution in [0.2, 0.25) is 5.02 Å². The van der Waals surface area contributed by atoms with Gasteiger partial charge in [0.15, 0.2) is 0 Å². The van der Waals surface area contributed by atoms with Gasteiger partial charge in [0, 0.05) is 42.8 Å². The van der Waals surface area contributed by atoms with Crippen LogP contribution in [0, 0.1) is 11.8 Å². The Morgan fingerprint density at radius 3 is 2.45 bits per heavy atom. The predicted octanol–water partition coefficient (Wildman–Crippen LogP) is 3.09. The molecule has 1 saturated heterocycles. The highest BCUT2D eigenvalue weighted by atomic mass is 35.5. The van der Waals surface area contributed by atoms with Crippen LogP contribution >= 0.6 is 11.6 Å². The maximum atomic E-state index is 9.38. The number of nitrogens with zero attached hydrogens (tertiary/aromatic N) is 3. The molecular formula is C17H22ClN3O. The van der Waals surface area contributed by atoms with Gasteiger partial charge in [0.25, 0.3) is 0 Å². The van der Waals surface area contributed by atoms with E-state index in [1.54, 1.807) is 0 Å². The minimum Gasteiger partial charge on any atom is -0.411 e. The number of fused-ring (bicyclic) bond motifs is 2. The molecule has 0 radical (unpaired) electrons. The molecule has 0 amide bonds. The van der Waals surface area contributed by atoms with Gasteiger partial charge in [0.1, 0.15) is 0 Å². The topological polar surface area (TPSA) is 39.1 Å². The molecule has 1 heterocycles. The van der Waals surface area contributed by atoms with Crippen molar-refractivity contribution in [2.45, 2.75) is 25.3 Å². The molecule has 1 N–H and O–H groups in total. The monoisotopic (exact) mass is 319 g/mol. The first kappa shape index (κ1) is 14.3. The largest absolute Gasteiger partial charge is 0.411 e. The fourth-order valence-electron chi connectivity index (χ4n) is 4.59. The molecule has 3 aliphatic rings. The minimum atomic E-state index is 0.385. The maximum absolute atomic E-state index is 9.38. The highest BCUT2D eigenvalue weighted by Crippen LogP contribution is 2.45. The lowest BCUT2D eigenvalue weighted by Gasteiger charge is -2.41. The van der Waals surface area contributed by atoms with Crippen molar-refractivity contribution >= 4 is 23.0 Å². The predicted molar refractivity (Wildman–Crippen MR) is 89.1 cm³/mol. The Kier molecular flexibility index (Phi) is 3.74. The molecule has 1 aromatic rings. The SMILES string of the molecule is O/N=C1\[C@H]2CC[C@H](C2)[C@H]1N1CCN(c2ccc(Cl)cc2)CC1. The Labute approximate surface area is 136 Å². The van der Waals surface area contributed by atoms with Gasteiger partial charge < -0.3 is 10.1 Å². The Hall–Kier alpha value is -1.26. The van der Waals surface area contributed by atoms with Crippen molar-refractivity contribution in [2.75, 3.05) is 31.1 Å². The highest BCUT2D eigenvalue weighted by Gasteiger charge is 2.48. The van der Waals surface area contributed by atoms with Gasteiger partial charge in [-0.1, -0.05) is 16.8 Å². The van der Waals surface area contributed by atoms with Crippen LogP contribution in [0.5, 0.6) is 0 Å². The van der Waals surface area contributed by atoms with Crippen LogP contribution in [-0.2, 0) is 0 Å². The molecule has 5 heteroatoms. The normalized spacial score (nSPS) is 33.8. The molecule has 22 heavy (non-hydrogen) atoms. The quantitative estimate of drug-likeness (QED) is 0.672. The Balaban J connectivity index is 1.43. The molecule has 0 unspecified atom stereocenters. The maximum Gasteiger partial charge on any atom is 0.0775 e. The van der Waals surface area contributed by atoms with Gasteiger partial charge in [-0.2, -0.15) is 0 Å². The van der Waals surface area contributed by atoms with Crippen molar-refractivity contribution in [1.82, 2.24) is 4.90 Å². The summed E-state index contributed by atoms with van der Waals surface area (Å²) in [7, 11) is 0. The van der Waals surface area contributed by atoms with Crippen LogP contribution in [0.1, 0.15) is 19.3 Å². The van der Waals surface area contributed by atoms with Crippen LogP contribution in [-0.4, -0.2) is 48.0 Å². The van der Waals surface area contributed by atoms with E-state index >= 15 is 0 Å². The van der Waals surface area contributed by atoms with Crippen LogP contribution in [0.15, 0.2) is 29.4 Å². The summed E-state index contributed by atoms with van der Waals surface area (Å²) < 4.78 is 0. The molecule has 4 rings (SSSR count). The van der Waals surface area contributed by atoms with E-state index in [2.05, 4.69) is 27.1 Å². The van der Waals surface area contributed by atoms with Crippen molar-refractivity contribution in [3.8, 4) is 0 Å². The summed E-state index contributed by atoms with van der Waals surface area (Å²) >= 11 is 5.96. The Bertz CT molecular complexity index is 566. The molecular weight excluding hydrogens is 298 g/mol. The van der Waals surface area contributed by atoms with E-state index in [0.29, 0.717) is 17.9 Å². The zero-order chi connectivity index (χ0) is 15.1. The third-order valence-electron chi connectivity index (χ3n) is 5.66. The van der Waals surface area contributed by atoms with Crippen LogP contribution in [0.25, 0.3) is 0 Å². The van der Waals surface area contributed by atoms with E-state index in [1.165, 1.54) is 24.9 Å². The van der Waals surface area contributed by atoms with E-state index in [4.69, 9.17) is 11.6 Å². The first-order valence-corrected chi connectivity index (χ1v) is 8.60. The van der Waals surface area contributed by atoms with Crippen molar-refractivity contribution in [3.05, 3.63) is 29.3 Å². The van der Waals surface area contributed by atoms with Gasteiger partial charge in [0.05, 0.1) is 11.8 Å². The standard InChI is InChI=1S/C17H22ClN3O/c18-14-3-5-15(6-4-14)20-7-9-21(10-8-20)17-13-2-1-12(11-13)16(17)19-22/h3-6,12-13,17,22H,1-2,7-11H2/b19-16+/t12-,13+,17+/m0/s1. The van der Waals surface area contributed by atoms with E-state index in [1.807, 2.05) is 12.1 Å². The fraction of sp³-hybridized carbons (Fsp3) is 0.588. The van der Waals surface area contributed by atoms with Crippen molar-refractivity contribution in [3.63, 3.8) is 0 Å². The molecule has 0 aromatic heterocycles. The fourth-order valence-corrected chi connectivity index (χ4v) is 4.72. The van der Waals surface area contributed by atoms with Gasteiger partial charge >= 0.3 is 0 Å². The molecule has 1 aliphatic heterocycles. The molecule has 2 bridgehead atoms. The van der Waals surface area contributed by atoms with Crippen molar-refractivity contribution in [2.24, 2.45) is 17.0 Å². The van der Waals surface area contributed by atoms with Crippen LogP contribution in [0.3, 0.4) is 0 Å². The number of piperazine rings is 1. The molecule has 2 aliphatic carbocycles.